The number of piperazine rings is 1. The standard InChI is InChI=1S/C33H32F7N7O/c1-17-9-23-22(12-41-45-23)25(26(17)33(38,39)40)20-3-4-21-28(27(20)37)42-30(48-16-32-6-2-8-47(32)13-18(34)10-32)43-29(21)46-14-19-5-7-31(15-46,44-19)11-24(35)36/h3-4,9,11-12,18-19,44H,2,5-8,10,13-16H2,1H3,(H,41,45)/t18-,19-,31-,32+/m1/s1. The van der Waals surface area contributed by atoms with Crippen LogP contribution in [0.2, 0.25) is 0 Å². The van der Waals surface area contributed by atoms with E-state index in [4.69, 9.17) is 4.74 Å². The van der Waals surface area contributed by atoms with Crippen molar-refractivity contribution in [2.24, 2.45) is 0 Å². The summed E-state index contributed by atoms with van der Waals surface area (Å²) in [6.45, 7) is 2.80. The van der Waals surface area contributed by atoms with Gasteiger partial charge in [-0.05, 0) is 56.8 Å². The molecule has 0 unspecified atom stereocenters. The van der Waals surface area contributed by atoms with E-state index in [0.29, 0.717) is 31.3 Å². The largest absolute Gasteiger partial charge is 0.461 e. The second kappa shape index (κ2) is 11.0. The van der Waals surface area contributed by atoms with Crippen LogP contribution in [0.4, 0.5) is 36.6 Å². The number of hydrogen-bond donors (Lipinski definition) is 2. The third kappa shape index (κ3) is 5.08. The number of aromatic amines is 1. The van der Waals surface area contributed by atoms with Gasteiger partial charge in [0.1, 0.15) is 24.1 Å². The fraction of sp³-hybridized carbons (Fsp3) is 0.485. The molecule has 2 N–H and O–H groups in total. The summed E-state index contributed by atoms with van der Waals surface area (Å²) in [5.74, 6) is -0.803. The lowest BCUT2D eigenvalue weighted by molar-refractivity contribution is -0.137. The van der Waals surface area contributed by atoms with Crippen LogP contribution < -0.4 is 15.0 Å². The van der Waals surface area contributed by atoms with Crippen LogP contribution in [0.1, 0.15) is 43.2 Å². The SMILES string of the molecule is Cc1cc2[nH]ncc2c(-c2ccc3c(N4C[C@H]5CC[C@@](C=C(F)F)(C4)N5)nc(OC[C@@]45CCCN4C[C@H](F)C5)nc3c2F)c1C(F)(F)F. The number of alkyl halides is 4. The topological polar surface area (TPSA) is 82.2 Å². The van der Waals surface area contributed by atoms with E-state index in [-0.39, 0.29) is 77.0 Å². The molecule has 0 amide bonds. The third-order valence-electron chi connectivity index (χ3n) is 10.5. The number of ether oxygens (including phenoxy) is 1. The highest BCUT2D eigenvalue weighted by molar-refractivity contribution is 6.01. The van der Waals surface area contributed by atoms with Gasteiger partial charge in [0.25, 0.3) is 6.08 Å². The van der Waals surface area contributed by atoms with E-state index in [0.717, 1.165) is 19.0 Å². The first-order valence-electron chi connectivity index (χ1n) is 16.0. The first-order valence-corrected chi connectivity index (χ1v) is 16.0. The van der Waals surface area contributed by atoms with Gasteiger partial charge < -0.3 is 15.0 Å². The third-order valence-corrected chi connectivity index (χ3v) is 10.5. The van der Waals surface area contributed by atoms with E-state index in [1.54, 1.807) is 4.90 Å². The molecular weight excluding hydrogens is 643 g/mol. The van der Waals surface area contributed by atoms with Crippen molar-refractivity contribution in [3.8, 4) is 17.1 Å². The molecule has 0 saturated carbocycles. The van der Waals surface area contributed by atoms with E-state index in [1.807, 2.05) is 4.90 Å². The van der Waals surface area contributed by atoms with Crippen LogP contribution in [0.3, 0.4) is 0 Å². The number of benzene rings is 2. The Morgan fingerprint density at radius 2 is 1.98 bits per heavy atom. The number of nitrogens with zero attached hydrogens (tertiary/aromatic N) is 5. The minimum absolute atomic E-state index is 0.0370. The molecule has 4 aliphatic rings. The van der Waals surface area contributed by atoms with E-state index in [1.165, 1.54) is 31.3 Å². The number of anilines is 1. The fourth-order valence-corrected chi connectivity index (χ4v) is 8.59. The van der Waals surface area contributed by atoms with Crippen molar-refractivity contribution in [2.75, 3.05) is 37.7 Å². The first kappa shape index (κ1) is 31.3. The van der Waals surface area contributed by atoms with Gasteiger partial charge in [0.15, 0.2) is 5.82 Å². The predicted molar refractivity (Wildman–Crippen MR) is 164 cm³/mol. The minimum atomic E-state index is -4.81. The number of rotatable bonds is 6. The van der Waals surface area contributed by atoms with Crippen LogP contribution in [0.25, 0.3) is 32.9 Å². The molecule has 8 rings (SSSR count). The number of halogens is 7. The highest BCUT2D eigenvalue weighted by Crippen LogP contribution is 2.46. The van der Waals surface area contributed by atoms with Crippen LogP contribution in [0.5, 0.6) is 6.01 Å². The molecule has 8 nitrogen and oxygen atoms in total. The monoisotopic (exact) mass is 675 g/mol. The summed E-state index contributed by atoms with van der Waals surface area (Å²) in [5, 5.41) is 10.1. The van der Waals surface area contributed by atoms with E-state index < -0.39 is 40.9 Å². The molecule has 2 bridgehead atoms. The highest BCUT2D eigenvalue weighted by Gasteiger charge is 2.50. The zero-order chi connectivity index (χ0) is 33.6. The Bertz CT molecular complexity index is 1960. The van der Waals surface area contributed by atoms with Crippen molar-refractivity contribution in [3.05, 3.63) is 53.5 Å². The van der Waals surface area contributed by atoms with Crippen LogP contribution in [0.15, 0.2) is 36.6 Å². The number of aryl methyl sites for hydroxylation is 1. The van der Waals surface area contributed by atoms with Gasteiger partial charge in [-0.1, -0.05) is 6.07 Å². The van der Waals surface area contributed by atoms with Crippen LogP contribution in [-0.2, 0) is 6.18 Å². The van der Waals surface area contributed by atoms with Crippen molar-refractivity contribution >= 4 is 27.6 Å². The molecular formula is C33H32F7N7O. The van der Waals surface area contributed by atoms with Gasteiger partial charge in [-0.3, -0.25) is 10.00 Å². The molecule has 48 heavy (non-hydrogen) atoms. The molecule has 0 spiro atoms. The van der Waals surface area contributed by atoms with Gasteiger partial charge in [0, 0.05) is 60.1 Å². The zero-order valence-electron chi connectivity index (χ0n) is 25.9. The Morgan fingerprint density at radius 3 is 2.77 bits per heavy atom. The molecule has 15 heteroatoms. The van der Waals surface area contributed by atoms with Crippen molar-refractivity contribution in [2.45, 2.75) is 68.5 Å². The number of fused-ring (bicyclic) bond motifs is 5. The maximum absolute atomic E-state index is 16.9. The number of H-pyrrole nitrogens is 1. The van der Waals surface area contributed by atoms with E-state index in [2.05, 4.69) is 25.5 Å². The summed E-state index contributed by atoms with van der Waals surface area (Å²) in [7, 11) is 0. The molecule has 2 aromatic carbocycles. The van der Waals surface area contributed by atoms with Gasteiger partial charge in [-0.15, -0.1) is 0 Å². The highest BCUT2D eigenvalue weighted by atomic mass is 19.4. The predicted octanol–water partition coefficient (Wildman–Crippen LogP) is 6.69. The lowest BCUT2D eigenvalue weighted by Gasteiger charge is -2.40. The lowest BCUT2D eigenvalue weighted by atomic mass is 9.91. The Morgan fingerprint density at radius 1 is 1.15 bits per heavy atom. The lowest BCUT2D eigenvalue weighted by Crippen LogP contribution is -2.59. The number of hydrogen-bond acceptors (Lipinski definition) is 7. The van der Waals surface area contributed by atoms with Gasteiger partial charge in [0.2, 0.25) is 0 Å². The summed E-state index contributed by atoms with van der Waals surface area (Å²) in [6.07, 6.45) is -2.63. The summed E-state index contributed by atoms with van der Waals surface area (Å²) in [5.41, 5.74) is -3.41. The molecule has 254 valence electrons. The second-order valence-corrected chi connectivity index (χ2v) is 13.6. The van der Waals surface area contributed by atoms with Gasteiger partial charge in [-0.2, -0.15) is 37.0 Å². The normalized spacial score (nSPS) is 27.3. The number of aromatic nitrogens is 4. The van der Waals surface area contributed by atoms with E-state index in [9.17, 15) is 26.3 Å². The molecule has 0 radical (unpaired) electrons. The quantitative estimate of drug-likeness (QED) is 0.221. The van der Waals surface area contributed by atoms with Crippen LogP contribution in [-0.4, -0.2) is 81.1 Å². The molecule has 2 aromatic heterocycles. The Balaban J connectivity index is 1.29. The fourth-order valence-electron chi connectivity index (χ4n) is 8.59. The van der Waals surface area contributed by atoms with E-state index >= 15 is 4.39 Å². The van der Waals surface area contributed by atoms with Crippen LogP contribution >= 0.6 is 0 Å². The summed E-state index contributed by atoms with van der Waals surface area (Å²) >= 11 is 0. The summed E-state index contributed by atoms with van der Waals surface area (Å²) < 4.78 is 108. The van der Waals surface area contributed by atoms with Gasteiger partial charge >= 0.3 is 12.2 Å². The Labute approximate surface area is 270 Å². The molecule has 4 atom stereocenters. The molecule has 4 fully saturated rings. The maximum atomic E-state index is 16.9. The second-order valence-electron chi connectivity index (χ2n) is 13.6. The van der Waals surface area contributed by atoms with Gasteiger partial charge in [0.05, 0.1) is 28.4 Å². The summed E-state index contributed by atoms with van der Waals surface area (Å²) in [4.78, 5) is 12.9. The molecule has 4 aliphatic heterocycles. The minimum Gasteiger partial charge on any atom is -0.461 e. The first-order chi connectivity index (χ1) is 22.8. The van der Waals surface area contributed by atoms with Crippen molar-refractivity contribution in [1.82, 2.24) is 30.4 Å². The molecule has 4 saturated heterocycles. The molecule has 0 aliphatic carbocycles. The average Bonchev–Trinajstić information content (AvgIpc) is 3.77. The molecule has 4 aromatic rings. The number of nitrogens with one attached hydrogen (secondary N) is 2. The summed E-state index contributed by atoms with van der Waals surface area (Å²) in [6, 6.07) is 3.67. The van der Waals surface area contributed by atoms with Crippen molar-refractivity contribution < 1.29 is 35.5 Å². The Hall–Kier alpha value is -3.98. The smallest absolute Gasteiger partial charge is 0.417 e. The van der Waals surface area contributed by atoms with Crippen molar-refractivity contribution in [3.63, 3.8) is 0 Å². The molecule has 6 heterocycles. The van der Waals surface area contributed by atoms with Gasteiger partial charge in [-0.25, -0.2) is 8.78 Å². The maximum Gasteiger partial charge on any atom is 0.417 e. The zero-order valence-corrected chi connectivity index (χ0v) is 25.9. The van der Waals surface area contributed by atoms with Crippen LogP contribution in [0, 0.1) is 12.7 Å². The van der Waals surface area contributed by atoms with Crippen molar-refractivity contribution in [1.29, 1.82) is 0 Å². The Kier molecular flexibility index (Phi) is 7.19. The average molecular weight is 676 g/mol.